The predicted octanol–water partition coefficient (Wildman–Crippen LogP) is 13.0. The molecule has 0 saturated heterocycles. The van der Waals surface area contributed by atoms with E-state index in [4.69, 9.17) is 20.3 Å². The minimum absolute atomic E-state index is 0. The fourth-order valence-corrected chi connectivity index (χ4v) is 2.44. The van der Waals surface area contributed by atoms with Gasteiger partial charge in [-0.15, -0.1) is 0 Å². The lowest BCUT2D eigenvalue weighted by Crippen LogP contribution is -2.04. The van der Waals surface area contributed by atoms with Crippen LogP contribution in [0.5, 0.6) is 17.2 Å². The number of halogens is 6. The Hall–Kier alpha value is 0.490. The number of phenols is 1. The van der Waals surface area contributed by atoms with Crippen molar-refractivity contribution in [2.75, 3.05) is 21.0 Å². The molecule has 3 aromatic rings. The number of benzene rings is 3. The van der Waals surface area contributed by atoms with Crippen LogP contribution in [0.2, 0.25) is 0 Å². The molecule has 6 nitrogen and oxygen atoms in total. The van der Waals surface area contributed by atoms with E-state index in [2.05, 4.69) is 170 Å². The number of alkyl halides is 6. The molecule has 0 unspecified atom stereocenters. The van der Waals surface area contributed by atoms with Crippen LogP contribution >= 0.6 is 129 Å². The number of carbonyl (C=O) groups is 2. The molecule has 0 bridgehead atoms. The van der Waals surface area contributed by atoms with Crippen LogP contribution < -0.4 is 15.2 Å². The topological polar surface area (TPSA) is 98.9 Å². The monoisotopic (exact) mass is 1290 g/mol. The number of rotatable bonds is 10. The third kappa shape index (κ3) is 40.9. The van der Waals surface area contributed by atoms with Crippen LogP contribution in [0.25, 0.3) is 0 Å². The Balaban J connectivity index is -0.000000259. The molecule has 0 heterocycles. The smallest absolute Gasteiger partial charge is 0.150 e. The summed E-state index contributed by atoms with van der Waals surface area (Å²) in [5.41, 5.74) is 7.87. The van der Waals surface area contributed by atoms with Gasteiger partial charge in [0.25, 0.3) is 0 Å². The fourth-order valence-electron chi connectivity index (χ4n) is 2.44. The van der Waals surface area contributed by atoms with Gasteiger partial charge >= 0.3 is 0 Å². The molecule has 0 atom stereocenters. The van der Waals surface area contributed by atoms with E-state index in [0.717, 1.165) is 47.4 Å². The molecule has 12 heteroatoms. The van der Waals surface area contributed by atoms with E-state index in [1.807, 2.05) is 36.4 Å². The van der Waals surface area contributed by atoms with Crippen molar-refractivity contribution in [1.29, 1.82) is 0 Å². The van der Waals surface area contributed by atoms with Crippen LogP contribution in [-0.4, -0.2) is 38.6 Å². The van der Waals surface area contributed by atoms with Gasteiger partial charge in [0.15, 0.2) is 0 Å². The van der Waals surface area contributed by atoms with Gasteiger partial charge in [0.1, 0.15) is 29.8 Å². The third-order valence-electron chi connectivity index (χ3n) is 4.68. The largest absolute Gasteiger partial charge is 0.508 e. The lowest BCUT2D eigenvalue weighted by molar-refractivity contribution is 0.111. The standard InChI is InChI=1S/C11H17NO.C11H14O2.C7H6O2.C4H9Br.CHI3.CH2I2.CH4/c2*1-9(2)8-13-11-5-3-10(7-12)4-6-11;8-5-6-1-3-7(9)4-2-6;1-4(2)3-5;2-1(3)4;2-1-3;/h3-6,9H,7-8,12H2,1-2H3;3-7,9H,8H2,1-2H3;1-5,9H;4H,3H2,1-2H3;1H;1H2;1H4. The van der Waals surface area contributed by atoms with Gasteiger partial charge in [0.2, 0.25) is 0 Å². The maximum absolute atomic E-state index is 10.3. The molecule has 0 aliphatic carbocycles. The molecule has 0 radical (unpaired) electrons. The van der Waals surface area contributed by atoms with Crippen molar-refractivity contribution >= 4 is 141 Å². The van der Waals surface area contributed by atoms with Crippen LogP contribution in [0.15, 0.2) is 72.8 Å². The number of nitrogens with two attached hydrogens (primary N) is 1. The molecular formula is C36H53BrI5NO5. The van der Waals surface area contributed by atoms with Gasteiger partial charge in [-0.2, -0.15) is 0 Å². The third-order valence-corrected chi connectivity index (χ3v) is 5.97. The van der Waals surface area contributed by atoms with Crippen molar-refractivity contribution in [3.8, 4) is 17.2 Å². The zero-order valence-electron chi connectivity index (χ0n) is 27.9. The maximum Gasteiger partial charge on any atom is 0.150 e. The summed E-state index contributed by atoms with van der Waals surface area (Å²) in [5, 5.41) is 9.85. The first-order valence-corrected chi connectivity index (χ1v) is 22.5. The SMILES string of the molecule is C.CC(C)CBr.CC(C)COc1ccc(C=O)cc1.CC(C)COc1ccc(CN)cc1.IC(I)I.ICI.O=Cc1ccc(O)cc1. The summed E-state index contributed by atoms with van der Waals surface area (Å²) in [5.74, 6) is 3.81. The van der Waals surface area contributed by atoms with E-state index in [1.165, 1.54) is 14.6 Å². The normalized spacial score (nSPS) is 9.35. The van der Waals surface area contributed by atoms with Crippen LogP contribution in [0.1, 0.15) is 75.2 Å². The molecule has 0 saturated carbocycles. The highest BCUT2D eigenvalue weighted by atomic mass is 127. The molecular weight excluding hydrogens is 1240 g/mol. The molecule has 0 fully saturated rings. The average molecular weight is 1290 g/mol. The Morgan fingerprint density at radius 1 is 0.688 bits per heavy atom. The highest BCUT2D eigenvalue weighted by molar-refractivity contribution is 14.3. The minimum Gasteiger partial charge on any atom is -0.508 e. The molecule has 0 aromatic heterocycles. The zero-order valence-corrected chi connectivity index (χ0v) is 40.2. The molecule has 0 amide bonds. The van der Waals surface area contributed by atoms with E-state index in [9.17, 15) is 9.59 Å². The second-order valence-electron chi connectivity index (χ2n) is 10.6. The van der Waals surface area contributed by atoms with Crippen molar-refractivity contribution in [2.24, 2.45) is 23.5 Å². The number of carbonyl (C=O) groups excluding carboxylic acids is 2. The number of ether oxygens (including phenoxy) is 2. The number of aromatic hydroxyl groups is 1. The summed E-state index contributed by atoms with van der Waals surface area (Å²) in [6, 6.07) is 21.1. The first kappa shape index (κ1) is 55.2. The highest BCUT2D eigenvalue weighted by Crippen LogP contribution is 2.16. The number of hydrogen-bond acceptors (Lipinski definition) is 6. The predicted molar refractivity (Wildman–Crippen MR) is 254 cm³/mol. The van der Waals surface area contributed by atoms with Gasteiger partial charge in [-0.3, -0.25) is 9.59 Å². The Labute approximate surface area is 367 Å². The van der Waals surface area contributed by atoms with Crippen molar-refractivity contribution < 1.29 is 24.2 Å². The summed E-state index contributed by atoms with van der Waals surface area (Å²) >= 11 is 14.8. The second-order valence-corrected chi connectivity index (χ2v) is 26.5. The molecule has 48 heavy (non-hydrogen) atoms. The second kappa shape index (κ2) is 38.7. The van der Waals surface area contributed by atoms with Crippen molar-refractivity contribution in [2.45, 2.75) is 55.5 Å². The van der Waals surface area contributed by atoms with E-state index >= 15 is 0 Å². The maximum atomic E-state index is 10.3. The van der Waals surface area contributed by atoms with Crippen LogP contribution in [-0.2, 0) is 6.54 Å². The molecule has 3 N–H and O–H groups in total. The first-order valence-electron chi connectivity index (χ1n) is 14.6. The van der Waals surface area contributed by atoms with E-state index in [0.29, 0.717) is 36.1 Å². The molecule has 3 aromatic carbocycles. The Morgan fingerprint density at radius 3 is 1.23 bits per heavy atom. The summed E-state index contributed by atoms with van der Waals surface area (Å²) in [4.78, 5) is 20.4. The molecule has 0 spiro atoms. The van der Waals surface area contributed by atoms with Crippen molar-refractivity contribution in [3.05, 3.63) is 89.5 Å². The Kier molecular flexibility index (Phi) is 44.6. The number of phenolic OH excluding ortho intramolecular Hbond substituents is 1. The Bertz CT molecular complexity index is 1120. The number of hydrogen-bond donors (Lipinski definition) is 2. The van der Waals surface area contributed by atoms with Gasteiger partial charge in [-0.25, -0.2) is 0 Å². The van der Waals surface area contributed by atoms with Gasteiger partial charge in [0, 0.05) is 23.0 Å². The lowest BCUT2D eigenvalue weighted by atomic mass is 10.2. The molecule has 274 valence electrons. The fraction of sp³-hybridized carbons (Fsp3) is 0.444. The molecule has 0 aliphatic heterocycles. The highest BCUT2D eigenvalue weighted by Gasteiger charge is 1.98. The van der Waals surface area contributed by atoms with Crippen molar-refractivity contribution in [3.63, 3.8) is 0 Å². The minimum atomic E-state index is 0. The van der Waals surface area contributed by atoms with Gasteiger partial charge in [-0.1, -0.05) is 190 Å². The van der Waals surface area contributed by atoms with Crippen LogP contribution in [0.4, 0.5) is 0 Å². The van der Waals surface area contributed by atoms with E-state index in [1.54, 1.807) is 24.3 Å². The summed E-state index contributed by atoms with van der Waals surface area (Å²) in [6.07, 6.45) is 1.56. The first-order chi connectivity index (χ1) is 22.2. The van der Waals surface area contributed by atoms with Crippen LogP contribution in [0.3, 0.4) is 0 Å². The quantitative estimate of drug-likeness (QED) is 0.119. The Morgan fingerprint density at radius 2 is 0.979 bits per heavy atom. The summed E-state index contributed by atoms with van der Waals surface area (Å²) < 4.78 is 12.9. The lowest BCUT2D eigenvalue weighted by Gasteiger charge is -2.08. The van der Waals surface area contributed by atoms with Crippen molar-refractivity contribution in [1.82, 2.24) is 0 Å². The van der Waals surface area contributed by atoms with Gasteiger partial charge in [-0.05, 0) is 84.0 Å². The zero-order chi connectivity index (χ0) is 36.6. The van der Waals surface area contributed by atoms with E-state index < -0.39 is 0 Å². The summed E-state index contributed by atoms with van der Waals surface area (Å²) in [7, 11) is 0. The van der Waals surface area contributed by atoms with Gasteiger partial charge in [0.05, 0.1) is 15.6 Å². The number of aldehydes is 2. The van der Waals surface area contributed by atoms with Gasteiger partial charge < -0.3 is 20.3 Å². The van der Waals surface area contributed by atoms with E-state index in [-0.39, 0.29) is 13.2 Å². The molecule has 3 rings (SSSR count). The summed E-state index contributed by atoms with van der Waals surface area (Å²) in [6.45, 7) is 14.9. The molecule has 0 aliphatic rings. The average Bonchev–Trinajstić information content (AvgIpc) is 3.04. The van der Waals surface area contributed by atoms with Crippen LogP contribution in [0, 0.1) is 17.8 Å².